The van der Waals surface area contributed by atoms with E-state index in [1.807, 2.05) is 31.2 Å². The number of anilines is 4. The Labute approximate surface area is 205 Å². The fraction of sp³-hybridized carbons (Fsp3) is 0.259. The maximum atomic E-state index is 12.9. The molecule has 0 aliphatic carbocycles. The molecule has 8 heteroatoms. The first-order valence-corrected chi connectivity index (χ1v) is 11.5. The van der Waals surface area contributed by atoms with Crippen molar-refractivity contribution < 1.29 is 19.1 Å². The molecule has 0 radical (unpaired) electrons. The van der Waals surface area contributed by atoms with E-state index >= 15 is 0 Å². The number of aryl methyl sites for hydroxylation is 1. The van der Waals surface area contributed by atoms with E-state index in [0.717, 1.165) is 37.2 Å². The van der Waals surface area contributed by atoms with Gasteiger partial charge in [0.1, 0.15) is 11.5 Å². The number of nitrogens with zero attached hydrogens (tertiary/aromatic N) is 1. The van der Waals surface area contributed by atoms with Gasteiger partial charge in [0, 0.05) is 30.4 Å². The van der Waals surface area contributed by atoms with Gasteiger partial charge in [-0.25, -0.2) is 4.79 Å². The van der Waals surface area contributed by atoms with E-state index in [1.54, 1.807) is 43.5 Å². The summed E-state index contributed by atoms with van der Waals surface area (Å²) in [6.07, 6.45) is 2.20. The lowest BCUT2D eigenvalue weighted by Gasteiger charge is -2.23. The Hall–Kier alpha value is -4.20. The molecule has 0 aromatic heterocycles. The molecule has 0 saturated carbocycles. The monoisotopic (exact) mass is 474 g/mol. The number of carbonyl (C=O) groups excluding carboxylic acids is 2. The maximum Gasteiger partial charge on any atom is 0.323 e. The molecule has 0 atom stereocenters. The fourth-order valence-electron chi connectivity index (χ4n) is 4.03. The average Bonchev–Trinajstić information content (AvgIpc) is 3.39. The first-order valence-electron chi connectivity index (χ1n) is 11.5. The van der Waals surface area contributed by atoms with Crippen LogP contribution in [0.4, 0.5) is 27.5 Å². The smallest absolute Gasteiger partial charge is 0.323 e. The zero-order valence-corrected chi connectivity index (χ0v) is 20.2. The Morgan fingerprint density at radius 2 is 1.51 bits per heavy atom. The number of hydrogen-bond acceptors (Lipinski definition) is 5. The van der Waals surface area contributed by atoms with Crippen LogP contribution in [0.1, 0.15) is 28.8 Å². The van der Waals surface area contributed by atoms with Gasteiger partial charge in [0.15, 0.2) is 0 Å². The lowest BCUT2D eigenvalue weighted by molar-refractivity contribution is 0.102. The Morgan fingerprint density at radius 1 is 0.800 bits per heavy atom. The number of methoxy groups -OCH3 is 2. The topological polar surface area (TPSA) is 91.9 Å². The zero-order valence-electron chi connectivity index (χ0n) is 20.2. The largest absolute Gasteiger partial charge is 0.497 e. The van der Waals surface area contributed by atoms with E-state index in [4.69, 9.17) is 9.47 Å². The van der Waals surface area contributed by atoms with Gasteiger partial charge in [0.25, 0.3) is 5.91 Å². The number of rotatable bonds is 7. The van der Waals surface area contributed by atoms with Gasteiger partial charge < -0.3 is 30.3 Å². The van der Waals surface area contributed by atoms with Gasteiger partial charge in [-0.05, 0) is 62.2 Å². The molecule has 1 saturated heterocycles. The van der Waals surface area contributed by atoms with Crippen LogP contribution in [0.25, 0.3) is 0 Å². The minimum Gasteiger partial charge on any atom is -0.497 e. The van der Waals surface area contributed by atoms with Crippen molar-refractivity contribution in [3.8, 4) is 11.5 Å². The van der Waals surface area contributed by atoms with Crippen LogP contribution in [0.15, 0.2) is 60.7 Å². The molecule has 3 aromatic carbocycles. The molecule has 182 valence electrons. The molecule has 1 heterocycles. The number of urea groups is 1. The van der Waals surface area contributed by atoms with Gasteiger partial charge in [-0.15, -0.1) is 0 Å². The molecule has 0 unspecified atom stereocenters. The van der Waals surface area contributed by atoms with E-state index in [-0.39, 0.29) is 5.91 Å². The van der Waals surface area contributed by atoms with E-state index in [1.165, 1.54) is 7.11 Å². The van der Waals surface area contributed by atoms with Gasteiger partial charge in [-0.3, -0.25) is 4.79 Å². The van der Waals surface area contributed by atoms with Crippen molar-refractivity contribution in [2.45, 2.75) is 19.8 Å². The minimum atomic E-state index is -0.420. The van der Waals surface area contributed by atoms with Crippen LogP contribution in [0.3, 0.4) is 0 Å². The van der Waals surface area contributed by atoms with Gasteiger partial charge >= 0.3 is 6.03 Å². The van der Waals surface area contributed by atoms with E-state index in [9.17, 15) is 9.59 Å². The highest BCUT2D eigenvalue weighted by molar-refractivity contribution is 6.06. The van der Waals surface area contributed by atoms with E-state index in [2.05, 4.69) is 20.9 Å². The summed E-state index contributed by atoms with van der Waals surface area (Å²) in [5, 5.41) is 8.71. The molecule has 1 aliphatic heterocycles. The summed E-state index contributed by atoms with van der Waals surface area (Å²) >= 11 is 0. The van der Waals surface area contributed by atoms with Crippen LogP contribution in [-0.2, 0) is 0 Å². The van der Waals surface area contributed by atoms with Crippen molar-refractivity contribution in [1.29, 1.82) is 0 Å². The molecular weight excluding hydrogens is 444 g/mol. The fourth-order valence-corrected chi connectivity index (χ4v) is 4.03. The second-order valence-corrected chi connectivity index (χ2v) is 8.39. The van der Waals surface area contributed by atoms with Gasteiger partial charge in [0.2, 0.25) is 0 Å². The highest BCUT2D eigenvalue weighted by Crippen LogP contribution is 2.33. The van der Waals surface area contributed by atoms with Crippen molar-refractivity contribution in [2.75, 3.05) is 48.2 Å². The Kier molecular flexibility index (Phi) is 7.40. The van der Waals surface area contributed by atoms with Crippen molar-refractivity contribution in [2.24, 2.45) is 0 Å². The first kappa shape index (κ1) is 23.9. The number of ether oxygens (including phenoxy) is 2. The summed E-state index contributed by atoms with van der Waals surface area (Å²) in [5.41, 5.74) is 4.28. The summed E-state index contributed by atoms with van der Waals surface area (Å²) in [7, 11) is 3.10. The highest BCUT2D eigenvalue weighted by Gasteiger charge is 2.19. The first-order chi connectivity index (χ1) is 17.0. The molecule has 3 aromatic rings. The number of benzene rings is 3. The molecule has 3 amide bonds. The lowest BCUT2D eigenvalue weighted by Crippen LogP contribution is -2.24. The maximum absolute atomic E-state index is 12.9. The molecular formula is C27H30N4O4. The molecule has 8 nitrogen and oxygen atoms in total. The summed E-state index contributed by atoms with van der Waals surface area (Å²) in [4.78, 5) is 27.9. The predicted octanol–water partition coefficient (Wildman–Crippen LogP) is 5.51. The number of nitrogens with one attached hydrogen (secondary N) is 3. The summed E-state index contributed by atoms with van der Waals surface area (Å²) in [5.74, 6) is 0.900. The quantitative estimate of drug-likeness (QED) is 0.420. The van der Waals surface area contributed by atoms with Crippen molar-refractivity contribution in [1.82, 2.24) is 0 Å². The summed E-state index contributed by atoms with van der Waals surface area (Å²) in [6.45, 7) is 3.80. The number of amides is 3. The highest BCUT2D eigenvalue weighted by atomic mass is 16.5. The van der Waals surface area contributed by atoms with E-state index in [0.29, 0.717) is 34.1 Å². The van der Waals surface area contributed by atoms with Gasteiger partial charge in [0.05, 0.1) is 31.3 Å². The molecule has 35 heavy (non-hydrogen) atoms. The second-order valence-electron chi connectivity index (χ2n) is 8.39. The third kappa shape index (κ3) is 5.84. The van der Waals surface area contributed by atoms with Crippen LogP contribution in [0, 0.1) is 6.92 Å². The third-order valence-electron chi connectivity index (χ3n) is 5.92. The van der Waals surface area contributed by atoms with Crippen LogP contribution < -0.4 is 30.3 Å². The predicted molar refractivity (Wildman–Crippen MR) is 139 cm³/mol. The Balaban J connectivity index is 1.55. The van der Waals surface area contributed by atoms with Crippen LogP contribution in [0.5, 0.6) is 11.5 Å². The SMILES string of the molecule is COc1ccc(NC(=O)Nc2cc(NC(=O)c3ccc(C)cc3)ccc2N2CCCC2)c(OC)c1. The van der Waals surface area contributed by atoms with Crippen LogP contribution in [-0.4, -0.2) is 39.2 Å². The third-order valence-corrected chi connectivity index (χ3v) is 5.92. The number of hydrogen-bond donors (Lipinski definition) is 3. The average molecular weight is 475 g/mol. The van der Waals surface area contributed by atoms with Crippen molar-refractivity contribution >= 4 is 34.7 Å². The van der Waals surface area contributed by atoms with Gasteiger partial charge in [-0.1, -0.05) is 17.7 Å². The summed E-state index contributed by atoms with van der Waals surface area (Å²) in [6, 6.07) is 17.7. The molecule has 4 rings (SSSR count). The molecule has 3 N–H and O–H groups in total. The van der Waals surface area contributed by atoms with Crippen molar-refractivity contribution in [3.05, 3.63) is 71.8 Å². The minimum absolute atomic E-state index is 0.211. The molecule has 0 spiro atoms. The molecule has 1 fully saturated rings. The van der Waals surface area contributed by atoms with Crippen LogP contribution >= 0.6 is 0 Å². The van der Waals surface area contributed by atoms with Gasteiger partial charge in [-0.2, -0.15) is 0 Å². The number of carbonyl (C=O) groups is 2. The zero-order chi connectivity index (χ0) is 24.8. The van der Waals surface area contributed by atoms with E-state index < -0.39 is 6.03 Å². The lowest BCUT2D eigenvalue weighted by atomic mass is 10.1. The summed E-state index contributed by atoms with van der Waals surface area (Å²) < 4.78 is 10.6. The van der Waals surface area contributed by atoms with Crippen molar-refractivity contribution in [3.63, 3.8) is 0 Å². The Morgan fingerprint density at radius 3 is 2.20 bits per heavy atom. The second kappa shape index (κ2) is 10.8. The normalized spacial score (nSPS) is 12.7. The molecule has 1 aliphatic rings. The van der Waals surface area contributed by atoms with Crippen LogP contribution in [0.2, 0.25) is 0 Å². The Bertz CT molecular complexity index is 1200. The molecule has 0 bridgehead atoms. The standard InChI is InChI=1S/C27H30N4O4/c1-18-6-8-19(9-7-18)26(32)28-20-10-13-24(31-14-4-5-15-31)23(16-20)30-27(33)29-22-12-11-21(34-2)17-25(22)35-3/h6-13,16-17H,4-5,14-15H2,1-3H3,(H,28,32)(H2,29,30,33).